The van der Waals surface area contributed by atoms with E-state index in [-0.39, 0.29) is 17.0 Å². The van der Waals surface area contributed by atoms with Crippen LogP contribution in [0.2, 0.25) is 0 Å². The van der Waals surface area contributed by atoms with Crippen molar-refractivity contribution in [3.8, 4) is 5.75 Å². The maximum Gasteiger partial charge on any atom is 0.331 e. The number of benzene rings is 2. The molecule has 3 aromatic rings. The van der Waals surface area contributed by atoms with Gasteiger partial charge in [0.05, 0.1) is 11.1 Å². The molecule has 1 N–H and O–H groups in total. The highest BCUT2D eigenvalue weighted by atomic mass is 16.5. The van der Waals surface area contributed by atoms with Gasteiger partial charge in [-0.3, -0.25) is 19.3 Å². The maximum atomic E-state index is 12.4. The van der Waals surface area contributed by atoms with Crippen molar-refractivity contribution < 1.29 is 23.9 Å². The first-order valence-corrected chi connectivity index (χ1v) is 10.1. The van der Waals surface area contributed by atoms with Crippen LogP contribution < -0.4 is 10.1 Å². The zero-order chi connectivity index (χ0) is 23.4. The Morgan fingerprint density at radius 3 is 2.21 bits per heavy atom. The predicted octanol–water partition coefficient (Wildman–Crippen LogP) is 3.41. The van der Waals surface area contributed by atoms with E-state index < -0.39 is 24.3 Å². The second-order valence-electron chi connectivity index (χ2n) is 7.27. The van der Waals surface area contributed by atoms with E-state index in [0.29, 0.717) is 11.6 Å². The van der Waals surface area contributed by atoms with E-state index in [1.807, 2.05) is 12.2 Å². The molecule has 1 aromatic heterocycles. The molecular formula is C25H19N3O5. The van der Waals surface area contributed by atoms with E-state index >= 15 is 0 Å². The Kier molecular flexibility index (Phi) is 6.08. The quantitative estimate of drug-likeness (QED) is 0.357. The molecule has 0 aliphatic carbocycles. The Balaban J connectivity index is 1.36. The van der Waals surface area contributed by atoms with Crippen LogP contribution >= 0.6 is 0 Å². The molecule has 1 aliphatic rings. The Hall–Kier alpha value is -4.59. The minimum atomic E-state index is -0.713. The molecule has 4 rings (SSSR count). The molecule has 0 bridgehead atoms. The monoisotopic (exact) mass is 441 g/mol. The third-order valence-corrected chi connectivity index (χ3v) is 4.83. The zero-order valence-corrected chi connectivity index (χ0v) is 17.6. The number of pyridine rings is 1. The van der Waals surface area contributed by atoms with Gasteiger partial charge in [0.15, 0.2) is 0 Å². The van der Waals surface area contributed by atoms with Gasteiger partial charge in [-0.25, -0.2) is 9.78 Å². The van der Waals surface area contributed by atoms with Gasteiger partial charge in [-0.2, -0.15) is 0 Å². The van der Waals surface area contributed by atoms with Crippen LogP contribution in [0.3, 0.4) is 0 Å². The number of hydrogen-bond acceptors (Lipinski definition) is 6. The molecule has 0 atom stereocenters. The lowest BCUT2D eigenvalue weighted by molar-refractivity contribution is -0.134. The fraction of sp³-hybridized carbons (Fsp3) is 0.0800. The number of hydrogen-bond donors (Lipinski definition) is 1. The van der Waals surface area contributed by atoms with Crippen LogP contribution in [0.15, 0.2) is 66.9 Å². The molecule has 0 radical (unpaired) electrons. The van der Waals surface area contributed by atoms with Gasteiger partial charge in [0, 0.05) is 13.1 Å². The van der Waals surface area contributed by atoms with Gasteiger partial charge >= 0.3 is 5.97 Å². The Morgan fingerprint density at radius 2 is 1.58 bits per heavy atom. The van der Waals surface area contributed by atoms with Crippen LogP contribution in [0.4, 0.5) is 5.82 Å². The molecular weight excluding hydrogens is 422 g/mol. The van der Waals surface area contributed by atoms with Gasteiger partial charge in [-0.1, -0.05) is 36.4 Å². The van der Waals surface area contributed by atoms with Crippen LogP contribution in [-0.2, 0) is 9.59 Å². The van der Waals surface area contributed by atoms with Crippen molar-refractivity contribution in [1.82, 2.24) is 9.88 Å². The predicted molar refractivity (Wildman–Crippen MR) is 121 cm³/mol. The van der Waals surface area contributed by atoms with Gasteiger partial charge in [0.2, 0.25) is 5.91 Å². The van der Waals surface area contributed by atoms with E-state index in [0.717, 1.165) is 16.0 Å². The van der Waals surface area contributed by atoms with Gasteiger partial charge in [-0.05, 0) is 47.5 Å². The number of fused-ring (bicyclic) bond motifs is 1. The summed E-state index contributed by atoms with van der Waals surface area (Å²) in [6.45, 7) is 0.949. The molecule has 164 valence electrons. The lowest BCUT2D eigenvalue weighted by Gasteiger charge is -2.13. The van der Waals surface area contributed by atoms with Crippen molar-refractivity contribution in [3.05, 3.63) is 89.1 Å². The maximum absolute atomic E-state index is 12.4. The summed E-state index contributed by atoms with van der Waals surface area (Å²) in [5, 5.41) is 2.63. The molecule has 1 aliphatic heterocycles. The van der Waals surface area contributed by atoms with Crippen LogP contribution in [0.5, 0.6) is 5.75 Å². The standard InChI is InChI=1S/C25H19N3O5/c1-16(29)27-22-14-18(12-13-26-22)7-6-17-8-10-19(11-9-17)33-23(30)15-28-24(31)20-4-2-3-5-21(20)25(28)32/h2-14H,15H2,1H3,(H,26,27,29)/b7-6+. The molecule has 0 fully saturated rings. The largest absolute Gasteiger partial charge is 0.425 e. The average Bonchev–Trinajstić information content (AvgIpc) is 3.03. The number of anilines is 1. The lowest BCUT2D eigenvalue weighted by atomic mass is 10.1. The van der Waals surface area contributed by atoms with Gasteiger partial charge in [0.1, 0.15) is 18.1 Å². The SMILES string of the molecule is CC(=O)Nc1cc(/C=C/c2ccc(OC(=O)CN3C(=O)c4ccccc4C3=O)cc2)ccn1. The Bertz CT molecular complexity index is 1250. The molecule has 3 amide bonds. The van der Waals surface area contributed by atoms with Crippen molar-refractivity contribution in [2.75, 3.05) is 11.9 Å². The molecule has 0 unspecified atom stereocenters. The number of nitrogens with zero attached hydrogens (tertiary/aromatic N) is 2. The van der Waals surface area contributed by atoms with Gasteiger partial charge in [-0.15, -0.1) is 0 Å². The molecule has 0 spiro atoms. The number of rotatable bonds is 6. The van der Waals surface area contributed by atoms with Crippen molar-refractivity contribution in [1.29, 1.82) is 0 Å². The highest BCUT2D eigenvalue weighted by Gasteiger charge is 2.36. The van der Waals surface area contributed by atoms with Crippen LogP contribution in [0.1, 0.15) is 38.8 Å². The summed E-state index contributed by atoms with van der Waals surface area (Å²) in [5.41, 5.74) is 2.27. The zero-order valence-electron chi connectivity index (χ0n) is 17.6. The molecule has 33 heavy (non-hydrogen) atoms. The highest BCUT2D eigenvalue weighted by Crippen LogP contribution is 2.22. The summed E-state index contributed by atoms with van der Waals surface area (Å²) in [6.07, 6.45) is 5.31. The summed E-state index contributed by atoms with van der Waals surface area (Å²) < 4.78 is 5.28. The number of carbonyl (C=O) groups excluding carboxylic acids is 4. The van der Waals surface area contributed by atoms with Crippen molar-refractivity contribution in [2.24, 2.45) is 0 Å². The van der Waals surface area contributed by atoms with Crippen molar-refractivity contribution in [3.63, 3.8) is 0 Å². The first-order chi connectivity index (χ1) is 15.9. The second-order valence-corrected chi connectivity index (χ2v) is 7.27. The summed E-state index contributed by atoms with van der Waals surface area (Å²) in [5.74, 6) is -1.17. The average molecular weight is 441 g/mol. The number of ether oxygens (including phenoxy) is 1. The summed E-state index contributed by atoms with van der Waals surface area (Å²) in [7, 11) is 0. The highest BCUT2D eigenvalue weighted by molar-refractivity contribution is 6.22. The molecule has 2 aromatic carbocycles. The van der Waals surface area contributed by atoms with Crippen molar-refractivity contribution >= 4 is 41.7 Å². The molecule has 2 heterocycles. The summed E-state index contributed by atoms with van der Waals surface area (Å²) in [6, 6.07) is 16.7. The minimum absolute atomic E-state index is 0.197. The normalized spacial score (nSPS) is 12.7. The summed E-state index contributed by atoms with van der Waals surface area (Å²) >= 11 is 0. The molecule has 8 heteroatoms. The van der Waals surface area contributed by atoms with E-state index in [2.05, 4.69) is 10.3 Å². The first kappa shape index (κ1) is 21.6. The number of esters is 1. The number of carbonyl (C=O) groups is 4. The lowest BCUT2D eigenvalue weighted by Crippen LogP contribution is -2.36. The Labute approximate surface area is 189 Å². The molecule has 0 saturated carbocycles. The molecule has 0 saturated heterocycles. The topological polar surface area (TPSA) is 106 Å². The first-order valence-electron chi connectivity index (χ1n) is 10.1. The van der Waals surface area contributed by atoms with Crippen molar-refractivity contribution in [2.45, 2.75) is 6.92 Å². The Morgan fingerprint density at radius 1 is 0.939 bits per heavy atom. The third kappa shape index (κ3) is 5.01. The smallest absolute Gasteiger partial charge is 0.331 e. The number of aromatic nitrogens is 1. The van der Waals surface area contributed by atoms with E-state index in [4.69, 9.17) is 4.74 Å². The molecule has 8 nitrogen and oxygen atoms in total. The fourth-order valence-electron chi connectivity index (χ4n) is 3.31. The minimum Gasteiger partial charge on any atom is -0.425 e. The number of nitrogens with one attached hydrogen (secondary N) is 1. The van der Waals surface area contributed by atoms with Gasteiger partial charge in [0.25, 0.3) is 11.8 Å². The third-order valence-electron chi connectivity index (χ3n) is 4.83. The van der Waals surface area contributed by atoms with Crippen LogP contribution in [-0.4, -0.2) is 40.1 Å². The number of amides is 3. The summed E-state index contributed by atoms with van der Waals surface area (Å²) in [4.78, 5) is 53.1. The van der Waals surface area contributed by atoms with E-state index in [1.165, 1.54) is 6.92 Å². The van der Waals surface area contributed by atoms with Crippen LogP contribution in [0, 0.1) is 0 Å². The fourth-order valence-corrected chi connectivity index (χ4v) is 3.31. The second kappa shape index (κ2) is 9.27. The van der Waals surface area contributed by atoms with Gasteiger partial charge < -0.3 is 10.1 Å². The van der Waals surface area contributed by atoms with E-state index in [1.54, 1.807) is 66.9 Å². The van der Waals surface area contributed by atoms with Crippen LogP contribution in [0.25, 0.3) is 12.2 Å². The number of imide groups is 1. The van der Waals surface area contributed by atoms with E-state index in [9.17, 15) is 19.2 Å².